The van der Waals surface area contributed by atoms with Gasteiger partial charge in [0.2, 0.25) is 0 Å². The molecule has 84 valence electrons. The molecule has 1 aliphatic carbocycles. The van der Waals surface area contributed by atoms with Crippen molar-refractivity contribution in [2.75, 3.05) is 0 Å². The average Bonchev–Trinajstić information content (AvgIpc) is 2.75. The normalized spacial score (nSPS) is 19.7. The second-order valence-electron chi connectivity index (χ2n) is 5.00. The van der Waals surface area contributed by atoms with E-state index in [1.165, 1.54) is 36.9 Å². The molecule has 0 saturated heterocycles. The standard InChI is InChI=1S/C12H21N3/c1-10-11(9-14-15(10)3)8-13-12(2)6-4-5-7-12/h9,13H,4-8H2,1-3H3. The maximum atomic E-state index is 4.26. The highest BCUT2D eigenvalue weighted by Crippen LogP contribution is 2.29. The van der Waals surface area contributed by atoms with Gasteiger partial charge in [0, 0.05) is 30.4 Å². The monoisotopic (exact) mass is 207 g/mol. The lowest BCUT2D eigenvalue weighted by Gasteiger charge is -2.25. The van der Waals surface area contributed by atoms with Gasteiger partial charge in [0.05, 0.1) is 6.20 Å². The van der Waals surface area contributed by atoms with Crippen LogP contribution < -0.4 is 5.32 Å². The maximum Gasteiger partial charge on any atom is 0.0537 e. The van der Waals surface area contributed by atoms with Crippen LogP contribution in [0.3, 0.4) is 0 Å². The van der Waals surface area contributed by atoms with Crippen LogP contribution in [0.5, 0.6) is 0 Å². The summed E-state index contributed by atoms with van der Waals surface area (Å²) in [5.74, 6) is 0. The fourth-order valence-electron chi connectivity index (χ4n) is 2.36. The van der Waals surface area contributed by atoms with Gasteiger partial charge in [0.1, 0.15) is 0 Å². The number of nitrogens with one attached hydrogen (secondary N) is 1. The molecule has 2 rings (SSSR count). The summed E-state index contributed by atoms with van der Waals surface area (Å²) in [5.41, 5.74) is 2.96. The lowest BCUT2D eigenvalue weighted by molar-refractivity contribution is 0.362. The summed E-state index contributed by atoms with van der Waals surface area (Å²) in [7, 11) is 2.00. The molecule has 15 heavy (non-hydrogen) atoms. The third-order valence-electron chi connectivity index (χ3n) is 3.75. The van der Waals surface area contributed by atoms with Crippen molar-refractivity contribution in [1.82, 2.24) is 15.1 Å². The predicted octanol–water partition coefficient (Wildman–Crippen LogP) is 2.15. The first-order valence-corrected chi connectivity index (χ1v) is 5.83. The summed E-state index contributed by atoms with van der Waals surface area (Å²) in [6.45, 7) is 5.42. The van der Waals surface area contributed by atoms with Gasteiger partial charge in [0.15, 0.2) is 0 Å². The van der Waals surface area contributed by atoms with Gasteiger partial charge in [-0.05, 0) is 26.7 Å². The Morgan fingerprint density at radius 2 is 2.13 bits per heavy atom. The molecule has 1 heterocycles. The summed E-state index contributed by atoms with van der Waals surface area (Å²) in [5, 5.41) is 7.94. The van der Waals surface area contributed by atoms with Crippen molar-refractivity contribution >= 4 is 0 Å². The van der Waals surface area contributed by atoms with Gasteiger partial charge in [-0.15, -0.1) is 0 Å². The fraction of sp³-hybridized carbons (Fsp3) is 0.750. The van der Waals surface area contributed by atoms with Crippen LogP contribution in [0.2, 0.25) is 0 Å². The number of hydrogen-bond donors (Lipinski definition) is 1. The lowest BCUT2D eigenvalue weighted by Crippen LogP contribution is -2.38. The molecule has 0 unspecified atom stereocenters. The molecule has 1 fully saturated rings. The highest BCUT2D eigenvalue weighted by molar-refractivity contribution is 5.15. The fourth-order valence-corrected chi connectivity index (χ4v) is 2.36. The van der Waals surface area contributed by atoms with Gasteiger partial charge in [-0.2, -0.15) is 5.10 Å². The van der Waals surface area contributed by atoms with Crippen molar-refractivity contribution in [2.24, 2.45) is 7.05 Å². The van der Waals surface area contributed by atoms with Gasteiger partial charge in [-0.1, -0.05) is 12.8 Å². The Bertz CT molecular complexity index is 335. The van der Waals surface area contributed by atoms with Gasteiger partial charge >= 0.3 is 0 Å². The van der Waals surface area contributed by atoms with Gasteiger partial charge < -0.3 is 5.32 Å². The number of aromatic nitrogens is 2. The summed E-state index contributed by atoms with van der Waals surface area (Å²) in [6, 6.07) is 0. The number of nitrogens with zero attached hydrogens (tertiary/aromatic N) is 2. The topological polar surface area (TPSA) is 29.9 Å². The molecule has 0 aliphatic heterocycles. The highest BCUT2D eigenvalue weighted by Gasteiger charge is 2.27. The quantitative estimate of drug-likeness (QED) is 0.823. The van der Waals surface area contributed by atoms with E-state index in [0.717, 1.165) is 6.54 Å². The van der Waals surface area contributed by atoms with Crippen molar-refractivity contribution in [1.29, 1.82) is 0 Å². The van der Waals surface area contributed by atoms with Crippen molar-refractivity contribution in [3.8, 4) is 0 Å². The second-order valence-corrected chi connectivity index (χ2v) is 5.00. The van der Waals surface area contributed by atoms with Crippen LogP contribution in [-0.4, -0.2) is 15.3 Å². The molecule has 0 atom stereocenters. The molecule has 1 saturated carbocycles. The average molecular weight is 207 g/mol. The molecule has 1 aliphatic rings. The molecule has 3 nitrogen and oxygen atoms in total. The molecular weight excluding hydrogens is 186 g/mol. The highest BCUT2D eigenvalue weighted by atomic mass is 15.3. The van der Waals surface area contributed by atoms with E-state index in [0.29, 0.717) is 5.54 Å². The van der Waals surface area contributed by atoms with Crippen LogP contribution in [-0.2, 0) is 13.6 Å². The molecule has 0 aromatic carbocycles. The Morgan fingerprint density at radius 3 is 2.67 bits per heavy atom. The Labute approximate surface area is 91.9 Å². The Balaban J connectivity index is 1.95. The Hall–Kier alpha value is -0.830. The van der Waals surface area contributed by atoms with E-state index in [-0.39, 0.29) is 0 Å². The third kappa shape index (κ3) is 2.23. The Morgan fingerprint density at radius 1 is 1.47 bits per heavy atom. The summed E-state index contributed by atoms with van der Waals surface area (Å²) >= 11 is 0. The molecule has 3 heteroatoms. The maximum absolute atomic E-state index is 4.26. The minimum atomic E-state index is 0.363. The molecule has 0 bridgehead atoms. The summed E-state index contributed by atoms with van der Waals surface area (Å²) < 4.78 is 1.94. The first-order chi connectivity index (χ1) is 7.11. The SMILES string of the molecule is Cc1c(CNC2(C)CCCC2)cnn1C. The minimum absolute atomic E-state index is 0.363. The van der Waals surface area contributed by atoms with Crippen LogP contribution in [0.4, 0.5) is 0 Å². The van der Waals surface area contributed by atoms with E-state index in [2.05, 4.69) is 24.3 Å². The van der Waals surface area contributed by atoms with Crippen molar-refractivity contribution < 1.29 is 0 Å². The van der Waals surface area contributed by atoms with Gasteiger partial charge in [-0.25, -0.2) is 0 Å². The van der Waals surface area contributed by atoms with E-state index in [9.17, 15) is 0 Å². The molecule has 1 N–H and O–H groups in total. The van der Waals surface area contributed by atoms with E-state index >= 15 is 0 Å². The number of hydrogen-bond acceptors (Lipinski definition) is 2. The third-order valence-corrected chi connectivity index (χ3v) is 3.75. The summed E-state index contributed by atoms with van der Waals surface area (Å²) in [4.78, 5) is 0. The zero-order valence-corrected chi connectivity index (χ0v) is 10.0. The van der Waals surface area contributed by atoms with E-state index in [4.69, 9.17) is 0 Å². The molecule has 0 amide bonds. The molecule has 1 aromatic heterocycles. The minimum Gasteiger partial charge on any atom is -0.307 e. The zero-order chi connectivity index (χ0) is 10.9. The predicted molar refractivity (Wildman–Crippen MR) is 61.7 cm³/mol. The smallest absolute Gasteiger partial charge is 0.0537 e. The number of aryl methyl sites for hydroxylation is 1. The Kier molecular flexibility index (Phi) is 2.83. The molecule has 0 spiro atoms. The van der Waals surface area contributed by atoms with Crippen LogP contribution in [0.15, 0.2) is 6.20 Å². The van der Waals surface area contributed by atoms with Crippen molar-refractivity contribution in [3.63, 3.8) is 0 Å². The lowest BCUT2D eigenvalue weighted by atomic mass is 10.0. The van der Waals surface area contributed by atoms with Gasteiger partial charge in [-0.3, -0.25) is 4.68 Å². The van der Waals surface area contributed by atoms with E-state index in [1.54, 1.807) is 0 Å². The zero-order valence-electron chi connectivity index (χ0n) is 10.0. The van der Waals surface area contributed by atoms with Crippen molar-refractivity contribution in [3.05, 3.63) is 17.5 Å². The van der Waals surface area contributed by atoms with Crippen LogP contribution in [0.1, 0.15) is 43.9 Å². The molecule has 0 radical (unpaired) electrons. The van der Waals surface area contributed by atoms with Crippen LogP contribution >= 0.6 is 0 Å². The van der Waals surface area contributed by atoms with E-state index in [1.807, 2.05) is 17.9 Å². The van der Waals surface area contributed by atoms with E-state index < -0.39 is 0 Å². The van der Waals surface area contributed by atoms with Crippen molar-refractivity contribution in [2.45, 2.75) is 51.6 Å². The molecule has 1 aromatic rings. The second kappa shape index (κ2) is 3.97. The number of rotatable bonds is 3. The first kappa shape index (κ1) is 10.7. The molecular formula is C12H21N3. The van der Waals surface area contributed by atoms with Gasteiger partial charge in [0.25, 0.3) is 0 Å². The first-order valence-electron chi connectivity index (χ1n) is 5.83. The largest absolute Gasteiger partial charge is 0.307 e. The summed E-state index contributed by atoms with van der Waals surface area (Å²) in [6.07, 6.45) is 7.34. The van der Waals surface area contributed by atoms with Crippen LogP contribution in [0, 0.1) is 6.92 Å². The van der Waals surface area contributed by atoms with Crippen LogP contribution in [0.25, 0.3) is 0 Å².